The highest BCUT2D eigenvalue weighted by atomic mass is 16.5. The van der Waals surface area contributed by atoms with Crippen LogP contribution in [0.5, 0.6) is 11.5 Å². The molecule has 1 N–H and O–H groups in total. The molecule has 2 aromatic rings. The molecule has 1 aliphatic heterocycles. The van der Waals surface area contributed by atoms with E-state index in [1.807, 2.05) is 56.3 Å². The smallest absolute Gasteiger partial charge is 0.127 e. The van der Waals surface area contributed by atoms with Gasteiger partial charge in [0.2, 0.25) is 0 Å². The molecule has 0 fully saturated rings. The van der Waals surface area contributed by atoms with Gasteiger partial charge in [-0.1, -0.05) is 23.8 Å². The van der Waals surface area contributed by atoms with Crippen molar-refractivity contribution in [2.75, 3.05) is 6.61 Å². The van der Waals surface area contributed by atoms with Crippen LogP contribution in [0.25, 0.3) is 0 Å². The molecule has 0 bridgehead atoms. The summed E-state index contributed by atoms with van der Waals surface area (Å²) < 4.78 is 11.6. The van der Waals surface area contributed by atoms with E-state index >= 15 is 0 Å². The fraction of sp³-hybridized carbons (Fsp3) is 0.333. The molecule has 0 saturated carbocycles. The lowest BCUT2D eigenvalue weighted by Gasteiger charge is -2.30. The van der Waals surface area contributed by atoms with Gasteiger partial charge in [-0.3, -0.25) is 0 Å². The Morgan fingerprint density at radius 3 is 2.90 bits per heavy atom. The largest absolute Gasteiger partial charge is 0.494 e. The second-order valence-corrected chi connectivity index (χ2v) is 5.40. The van der Waals surface area contributed by atoms with Gasteiger partial charge in [-0.25, -0.2) is 0 Å². The maximum Gasteiger partial charge on any atom is 0.127 e. The minimum Gasteiger partial charge on any atom is -0.494 e. The van der Waals surface area contributed by atoms with Gasteiger partial charge in [-0.05, 0) is 43.7 Å². The van der Waals surface area contributed by atoms with Crippen LogP contribution in [0.4, 0.5) is 0 Å². The SMILES string of the molecule is CCOc1cccc(C2CC(O)c3cc(C)ccc3O2)c1. The lowest BCUT2D eigenvalue weighted by atomic mass is 9.94. The quantitative estimate of drug-likeness (QED) is 0.927. The summed E-state index contributed by atoms with van der Waals surface area (Å²) in [5, 5.41) is 10.4. The molecule has 3 rings (SSSR count). The van der Waals surface area contributed by atoms with Crippen molar-refractivity contribution >= 4 is 0 Å². The minimum atomic E-state index is -0.491. The van der Waals surface area contributed by atoms with Crippen LogP contribution in [0.2, 0.25) is 0 Å². The zero-order chi connectivity index (χ0) is 14.8. The molecule has 110 valence electrons. The molecule has 2 aromatic carbocycles. The van der Waals surface area contributed by atoms with Gasteiger partial charge in [-0.2, -0.15) is 0 Å². The van der Waals surface area contributed by atoms with Gasteiger partial charge >= 0.3 is 0 Å². The van der Waals surface area contributed by atoms with Gasteiger partial charge in [0.15, 0.2) is 0 Å². The number of ether oxygens (including phenoxy) is 2. The fourth-order valence-electron chi connectivity index (χ4n) is 2.74. The Labute approximate surface area is 125 Å². The highest BCUT2D eigenvalue weighted by molar-refractivity contribution is 5.41. The highest BCUT2D eigenvalue weighted by Gasteiger charge is 2.28. The summed E-state index contributed by atoms with van der Waals surface area (Å²) in [5.41, 5.74) is 3.05. The lowest BCUT2D eigenvalue weighted by Crippen LogP contribution is -2.19. The summed E-state index contributed by atoms with van der Waals surface area (Å²) >= 11 is 0. The van der Waals surface area contributed by atoms with Gasteiger partial charge < -0.3 is 14.6 Å². The number of rotatable bonds is 3. The van der Waals surface area contributed by atoms with E-state index in [0.717, 1.165) is 28.2 Å². The summed E-state index contributed by atoms with van der Waals surface area (Å²) in [4.78, 5) is 0. The molecule has 3 nitrogen and oxygen atoms in total. The third-order valence-corrected chi connectivity index (χ3v) is 3.77. The van der Waals surface area contributed by atoms with Crippen LogP contribution < -0.4 is 9.47 Å². The first-order chi connectivity index (χ1) is 10.2. The Morgan fingerprint density at radius 2 is 2.10 bits per heavy atom. The molecular weight excluding hydrogens is 264 g/mol. The van der Waals surface area contributed by atoms with E-state index in [1.165, 1.54) is 0 Å². The number of fused-ring (bicyclic) bond motifs is 1. The molecular formula is C18H20O3. The Hall–Kier alpha value is -2.00. The first-order valence-corrected chi connectivity index (χ1v) is 7.35. The van der Waals surface area contributed by atoms with Crippen molar-refractivity contribution in [3.8, 4) is 11.5 Å². The predicted molar refractivity (Wildman–Crippen MR) is 81.7 cm³/mol. The molecule has 0 saturated heterocycles. The Kier molecular flexibility index (Phi) is 3.84. The number of aliphatic hydroxyl groups excluding tert-OH is 1. The summed E-state index contributed by atoms with van der Waals surface area (Å²) in [5.74, 6) is 1.61. The summed E-state index contributed by atoms with van der Waals surface area (Å²) in [6.45, 7) is 4.62. The number of aliphatic hydroxyl groups is 1. The molecule has 3 heteroatoms. The van der Waals surface area contributed by atoms with Gasteiger partial charge in [0, 0.05) is 12.0 Å². The molecule has 2 atom stereocenters. The van der Waals surface area contributed by atoms with Crippen LogP contribution in [0.1, 0.15) is 42.2 Å². The van der Waals surface area contributed by atoms with Crippen LogP contribution in [-0.4, -0.2) is 11.7 Å². The van der Waals surface area contributed by atoms with Crippen LogP contribution in [-0.2, 0) is 0 Å². The van der Waals surface area contributed by atoms with E-state index in [-0.39, 0.29) is 6.10 Å². The summed E-state index contributed by atoms with van der Waals surface area (Å²) in [6.07, 6.45) is -0.0727. The molecule has 0 aromatic heterocycles. The van der Waals surface area contributed by atoms with E-state index in [4.69, 9.17) is 9.47 Å². The van der Waals surface area contributed by atoms with Gasteiger partial charge in [0.25, 0.3) is 0 Å². The maximum absolute atomic E-state index is 10.4. The molecule has 0 amide bonds. The number of hydrogen-bond donors (Lipinski definition) is 1. The molecule has 1 aliphatic rings. The Balaban J connectivity index is 1.88. The van der Waals surface area contributed by atoms with Crippen molar-refractivity contribution in [3.05, 3.63) is 59.2 Å². The summed E-state index contributed by atoms with van der Waals surface area (Å²) in [7, 11) is 0. The minimum absolute atomic E-state index is 0.143. The third-order valence-electron chi connectivity index (χ3n) is 3.77. The summed E-state index contributed by atoms with van der Waals surface area (Å²) in [6, 6.07) is 13.8. The van der Waals surface area contributed by atoms with Crippen molar-refractivity contribution in [1.82, 2.24) is 0 Å². The van der Waals surface area contributed by atoms with Gasteiger partial charge in [0.1, 0.15) is 17.6 Å². The number of aryl methyl sites for hydroxylation is 1. The highest BCUT2D eigenvalue weighted by Crippen LogP contribution is 2.41. The zero-order valence-corrected chi connectivity index (χ0v) is 12.4. The number of benzene rings is 2. The molecule has 21 heavy (non-hydrogen) atoms. The Morgan fingerprint density at radius 1 is 1.24 bits per heavy atom. The van der Waals surface area contributed by atoms with E-state index in [9.17, 15) is 5.11 Å². The monoisotopic (exact) mass is 284 g/mol. The predicted octanol–water partition coefficient (Wildman–Crippen LogP) is 3.95. The van der Waals surface area contributed by atoms with Crippen LogP contribution in [0, 0.1) is 6.92 Å². The number of hydrogen-bond acceptors (Lipinski definition) is 3. The molecule has 2 unspecified atom stereocenters. The van der Waals surface area contributed by atoms with Crippen LogP contribution in [0.3, 0.4) is 0 Å². The Bertz CT molecular complexity index is 636. The van der Waals surface area contributed by atoms with E-state index in [0.29, 0.717) is 13.0 Å². The second kappa shape index (κ2) is 5.78. The third kappa shape index (κ3) is 2.88. The fourth-order valence-corrected chi connectivity index (χ4v) is 2.74. The van der Waals surface area contributed by atoms with E-state index in [1.54, 1.807) is 0 Å². The molecule has 1 heterocycles. The van der Waals surface area contributed by atoms with Crippen LogP contribution >= 0.6 is 0 Å². The van der Waals surface area contributed by atoms with Crippen molar-refractivity contribution in [2.45, 2.75) is 32.5 Å². The average molecular weight is 284 g/mol. The first-order valence-electron chi connectivity index (χ1n) is 7.35. The van der Waals surface area contributed by atoms with Gasteiger partial charge in [-0.15, -0.1) is 0 Å². The van der Waals surface area contributed by atoms with E-state index < -0.39 is 6.10 Å². The standard InChI is InChI=1S/C18H20O3/c1-3-20-14-6-4-5-13(10-14)18-11-16(19)15-9-12(2)7-8-17(15)21-18/h4-10,16,18-19H,3,11H2,1-2H3. The average Bonchev–Trinajstić information content (AvgIpc) is 2.48. The normalized spacial score (nSPS) is 20.5. The van der Waals surface area contributed by atoms with E-state index in [2.05, 4.69) is 0 Å². The van der Waals surface area contributed by atoms with Crippen molar-refractivity contribution in [1.29, 1.82) is 0 Å². The van der Waals surface area contributed by atoms with Crippen LogP contribution in [0.15, 0.2) is 42.5 Å². The molecule has 0 radical (unpaired) electrons. The zero-order valence-electron chi connectivity index (χ0n) is 12.4. The molecule has 0 spiro atoms. The topological polar surface area (TPSA) is 38.7 Å². The lowest BCUT2D eigenvalue weighted by molar-refractivity contribution is 0.0655. The molecule has 0 aliphatic carbocycles. The second-order valence-electron chi connectivity index (χ2n) is 5.40. The first kappa shape index (κ1) is 14.0. The van der Waals surface area contributed by atoms with Gasteiger partial charge in [0.05, 0.1) is 12.7 Å². The van der Waals surface area contributed by atoms with Crippen molar-refractivity contribution < 1.29 is 14.6 Å². The maximum atomic E-state index is 10.4. The van der Waals surface area contributed by atoms with Crippen molar-refractivity contribution in [3.63, 3.8) is 0 Å². The van der Waals surface area contributed by atoms with Crippen molar-refractivity contribution in [2.24, 2.45) is 0 Å².